The number of oxime groups is 1. The number of carbonyl (C=O) groups excluding carboxylic acids is 1. The SMILES string of the molecule is Cc1cc(C)n(C(=O)C23CCCC2C(C(C)C)=NO3)n1. The first kappa shape index (κ1) is 13.3. The molecule has 5 nitrogen and oxygen atoms in total. The van der Waals surface area contributed by atoms with E-state index in [-0.39, 0.29) is 11.8 Å². The number of nitrogens with zero attached hydrogens (tertiary/aromatic N) is 3. The average molecular weight is 275 g/mol. The number of aryl methyl sites for hydroxylation is 2. The van der Waals surface area contributed by atoms with Crippen molar-refractivity contribution in [3.63, 3.8) is 0 Å². The van der Waals surface area contributed by atoms with Gasteiger partial charge in [-0.1, -0.05) is 19.0 Å². The van der Waals surface area contributed by atoms with Crippen molar-refractivity contribution in [1.82, 2.24) is 9.78 Å². The summed E-state index contributed by atoms with van der Waals surface area (Å²) in [6, 6.07) is 1.91. The molecule has 1 saturated carbocycles. The molecular weight excluding hydrogens is 254 g/mol. The summed E-state index contributed by atoms with van der Waals surface area (Å²) in [7, 11) is 0. The van der Waals surface area contributed by atoms with Gasteiger partial charge in [-0.25, -0.2) is 4.68 Å². The highest BCUT2D eigenvalue weighted by Crippen LogP contribution is 2.46. The van der Waals surface area contributed by atoms with Crippen molar-refractivity contribution in [1.29, 1.82) is 0 Å². The number of fused-ring (bicyclic) bond motifs is 1. The number of hydrogen-bond acceptors (Lipinski definition) is 4. The monoisotopic (exact) mass is 275 g/mol. The normalized spacial score (nSPS) is 28.4. The fourth-order valence-electron chi connectivity index (χ4n) is 3.49. The largest absolute Gasteiger partial charge is 0.378 e. The number of aromatic nitrogens is 2. The van der Waals surface area contributed by atoms with Gasteiger partial charge < -0.3 is 4.84 Å². The lowest BCUT2D eigenvalue weighted by Crippen LogP contribution is -2.47. The van der Waals surface area contributed by atoms with Gasteiger partial charge in [-0.05, 0) is 45.1 Å². The van der Waals surface area contributed by atoms with E-state index >= 15 is 0 Å². The second-order valence-corrected chi connectivity index (χ2v) is 6.24. The van der Waals surface area contributed by atoms with Crippen LogP contribution in [-0.2, 0) is 4.84 Å². The van der Waals surface area contributed by atoms with Crippen LogP contribution in [-0.4, -0.2) is 27.0 Å². The molecular formula is C15H21N3O2. The third kappa shape index (κ3) is 1.72. The van der Waals surface area contributed by atoms with Crippen molar-refractivity contribution in [3.05, 3.63) is 17.5 Å². The molecule has 108 valence electrons. The topological polar surface area (TPSA) is 56.5 Å². The molecule has 0 spiro atoms. The Balaban J connectivity index is 1.97. The Morgan fingerprint density at radius 2 is 2.25 bits per heavy atom. The van der Waals surface area contributed by atoms with E-state index in [0.717, 1.165) is 36.4 Å². The quantitative estimate of drug-likeness (QED) is 0.834. The van der Waals surface area contributed by atoms with Crippen LogP contribution in [0.1, 0.15) is 49.3 Å². The third-order valence-electron chi connectivity index (χ3n) is 4.43. The molecule has 0 bridgehead atoms. The Labute approximate surface area is 119 Å². The fourth-order valence-corrected chi connectivity index (χ4v) is 3.49. The molecule has 2 unspecified atom stereocenters. The van der Waals surface area contributed by atoms with Crippen molar-refractivity contribution in [3.8, 4) is 0 Å². The van der Waals surface area contributed by atoms with E-state index in [1.54, 1.807) is 0 Å². The Morgan fingerprint density at radius 3 is 2.85 bits per heavy atom. The molecule has 0 saturated heterocycles. The molecule has 2 heterocycles. The summed E-state index contributed by atoms with van der Waals surface area (Å²) in [6.45, 7) is 8.00. The van der Waals surface area contributed by atoms with Gasteiger partial charge in [-0.2, -0.15) is 5.10 Å². The minimum Gasteiger partial charge on any atom is -0.378 e. The van der Waals surface area contributed by atoms with E-state index in [2.05, 4.69) is 24.1 Å². The summed E-state index contributed by atoms with van der Waals surface area (Å²) in [5.74, 6) is 0.358. The first-order valence-corrected chi connectivity index (χ1v) is 7.30. The molecule has 1 aliphatic heterocycles. The molecule has 1 aromatic rings. The fraction of sp³-hybridized carbons (Fsp3) is 0.667. The van der Waals surface area contributed by atoms with Crippen LogP contribution in [0.5, 0.6) is 0 Å². The van der Waals surface area contributed by atoms with Crippen LogP contribution in [0.4, 0.5) is 0 Å². The Hall–Kier alpha value is -1.65. The zero-order chi connectivity index (χ0) is 14.5. The van der Waals surface area contributed by atoms with Crippen LogP contribution >= 0.6 is 0 Å². The van der Waals surface area contributed by atoms with E-state index in [4.69, 9.17) is 4.84 Å². The summed E-state index contributed by atoms with van der Waals surface area (Å²) in [4.78, 5) is 18.7. The van der Waals surface area contributed by atoms with Gasteiger partial charge in [0.1, 0.15) is 0 Å². The minimum atomic E-state index is -0.817. The van der Waals surface area contributed by atoms with Gasteiger partial charge in [-0.3, -0.25) is 4.79 Å². The standard InChI is InChI=1S/C15H21N3O2/c1-9(2)13-12-6-5-7-15(12,20-17-13)14(19)18-11(4)8-10(3)16-18/h8-9,12H,5-7H2,1-4H3. The van der Waals surface area contributed by atoms with Crippen LogP contribution in [0.3, 0.4) is 0 Å². The summed E-state index contributed by atoms with van der Waals surface area (Å²) in [5, 5.41) is 8.55. The van der Waals surface area contributed by atoms with Gasteiger partial charge in [0.2, 0.25) is 5.60 Å². The maximum atomic E-state index is 13.0. The molecule has 1 aliphatic carbocycles. The van der Waals surface area contributed by atoms with Crippen LogP contribution in [0.2, 0.25) is 0 Å². The maximum absolute atomic E-state index is 13.0. The number of carbonyl (C=O) groups is 1. The molecule has 2 aliphatic rings. The number of rotatable bonds is 2. The van der Waals surface area contributed by atoms with Gasteiger partial charge in [0.05, 0.1) is 17.3 Å². The highest BCUT2D eigenvalue weighted by atomic mass is 16.7. The molecule has 5 heteroatoms. The lowest BCUT2D eigenvalue weighted by Gasteiger charge is -2.26. The van der Waals surface area contributed by atoms with Crippen molar-refractivity contribution in [2.45, 2.75) is 52.6 Å². The summed E-state index contributed by atoms with van der Waals surface area (Å²) in [5.41, 5.74) is 1.92. The molecule has 20 heavy (non-hydrogen) atoms. The zero-order valence-electron chi connectivity index (χ0n) is 12.5. The highest BCUT2D eigenvalue weighted by molar-refractivity contribution is 5.99. The van der Waals surface area contributed by atoms with Gasteiger partial charge >= 0.3 is 0 Å². The van der Waals surface area contributed by atoms with E-state index in [9.17, 15) is 4.79 Å². The third-order valence-corrected chi connectivity index (χ3v) is 4.43. The van der Waals surface area contributed by atoms with Crippen LogP contribution in [0.25, 0.3) is 0 Å². The summed E-state index contributed by atoms with van der Waals surface area (Å²) >= 11 is 0. The second-order valence-electron chi connectivity index (χ2n) is 6.24. The zero-order valence-corrected chi connectivity index (χ0v) is 12.5. The van der Waals surface area contributed by atoms with Crippen LogP contribution < -0.4 is 0 Å². The van der Waals surface area contributed by atoms with E-state index in [0.29, 0.717) is 5.92 Å². The van der Waals surface area contributed by atoms with E-state index in [1.165, 1.54) is 4.68 Å². The average Bonchev–Trinajstić information content (AvgIpc) is 3.00. The Bertz CT molecular complexity index is 588. The van der Waals surface area contributed by atoms with E-state index < -0.39 is 5.60 Å². The molecule has 3 rings (SSSR count). The predicted molar refractivity (Wildman–Crippen MR) is 75.8 cm³/mol. The first-order chi connectivity index (χ1) is 9.45. The van der Waals surface area contributed by atoms with E-state index in [1.807, 2.05) is 19.9 Å². The molecule has 1 fully saturated rings. The van der Waals surface area contributed by atoms with Crippen molar-refractivity contribution < 1.29 is 9.63 Å². The van der Waals surface area contributed by atoms with Gasteiger partial charge in [0, 0.05) is 5.69 Å². The number of hydrogen-bond donors (Lipinski definition) is 0. The second kappa shape index (κ2) is 4.43. The predicted octanol–water partition coefficient (Wildman–Crippen LogP) is 2.72. The summed E-state index contributed by atoms with van der Waals surface area (Å²) < 4.78 is 1.49. The summed E-state index contributed by atoms with van der Waals surface area (Å²) in [6.07, 6.45) is 2.71. The highest BCUT2D eigenvalue weighted by Gasteiger charge is 2.58. The van der Waals surface area contributed by atoms with Gasteiger partial charge in [0.25, 0.3) is 5.91 Å². The van der Waals surface area contributed by atoms with Crippen molar-refractivity contribution in [2.75, 3.05) is 0 Å². The molecule has 1 aromatic heterocycles. The van der Waals surface area contributed by atoms with Crippen LogP contribution in [0, 0.1) is 25.7 Å². The van der Waals surface area contributed by atoms with Gasteiger partial charge in [-0.15, -0.1) is 0 Å². The first-order valence-electron chi connectivity index (χ1n) is 7.30. The molecule has 0 N–H and O–H groups in total. The van der Waals surface area contributed by atoms with Crippen molar-refractivity contribution >= 4 is 11.6 Å². The van der Waals surface area contributed by atoms with Crippen molar-refractivity contribution in [2.24, 2.45) is 17.0 Å². The molecule has 0 radical (unpaired) electrons. The maximum Gasteiger partial charge on any atom is 0.294 e. The lowest BCUT2D eigenvalue weighted by atomic mass is 9.83. The minimum absolute atomic E-state index is 0.0648. The lowest BCUT2D eigenvalue weighted by molar-refractivity contribution is -0.0225. The smallest absolute Gasteiger partial charge is 0.294 e. The van der Waals surface area contributed by atoms with Gasteiger partial charge in [0.15, 0.2) is 0 Å². The van der Waals surface area contributed by atoms with Crippen LogP contribution in [0.15, 0.2) is 11.2 Å². The Morgan fingerprint density at radius 1 is 1.50 bits per heavy atom. The molecule has 0 aromatic carbocycles. The molecule has 0 amide bonds. The Kier molecular flexibility index (Phi) is 2.96. The molecule has 2 atom stereocenters.